The number of aromatic nitrogens is 4. The van der Waals surface area contributed by atoms with Crippen molar-refractivity contribution in [2.75, 3.05) is 12.4 Å². The van der Waals surface area contributed by atoms with E-state index >= 15 is 0 Å². The van der Waals surface area contributed by atoms with Gasteiger partial charge >= 0.3 is 5.97 Å². The number of ether oxygens (including phenoxy) is 1. The summed E-state index contributed by atoms with van der Waals surface area (Å²) >= 11 is 7.40. The SMILES string of the molecule is CCOC(=O)c1c(C)[nH]c(C(=O)CSc2nnc(-c3cccc(Cl)c3)n2CC)c1C. The van der Waals surface area contributed by atoms with Gasteiger partial charge in [-0.15, -0.1) is 10.2 Å². The number of carbonyl (C=O) groups is 2. The van der Waals surface area contributed by atoms with E-state index in [4.69, 9.17) is 16.3 Å². The molecule has 2 heterocycles. The first-order valence-electron chi connectivity index (χ1n) is 9.58. The molecule has 9 heteroatoms. The number of halogens is 1. The van der Waals surface area contributed by atoms with Crippen LogP contribution in [0.4, 0.5) is 0 Å². The molecule has 0 aliphatic rings. The summed E-state index contributed by atoms with van der Waals surface area (Å²) in [6.45, 7) is 8.18. The molecule has 0 saturated heterocycles. The number of nitrogens with zero attached hydrogens (tertiary/aromatic N) is 3. The number of H-pyrrole nitrogens is 1. The van der Waals surface area contributed by atoms with Crippen LogP contribution in [-0.4, -0.2) is 43.9 Å². The van der Waals surface area contributed by atoms with Gasteiger partial charge in [-0.05, 0) is 45.4 Å². The van der Waals surface area contributed by atoms with Gasteiger partial charge in [0.25, 0.3) is 0 Å². The molecule has 0 atom stereocenters. The topological polar surface area (TPSA) is 89.9 Å². The monoisotopic (exact) mass is 446 g/mol. The standard InChI is InChI=1S/C21H23ClN4O3S/c1-5-26-19(14-8-7-9-15(22)10-14)24-25-21(26)30-11-16(27)18-12(3)17(13(4)23-18)20(28)29-6-2/h7-10,23H,5-6,11H2,1-4H3. The molecule has 3 aromatic rings. The molecule has 0 radical (unpaired) electrons. The van der Waals surface area contributed by atoms with Crippen LogP contribution in [0.2, 0.25) is 5.02 Å². The zero-order chi connectivity index (χ0) is 21.8. The summed E-state index contributed by atoms with van der Waals surface area (Å²) in [6, 6.07) is 7.42. The predicted octanol–water partition coefficient (Wildman–Crippen LogP) is 4.72. The number of ketones is 1. The highest BCUT2D eigenvalue weighted by atomic mass is 35.5. The van der Waals surface area contributed by atoms with Crippen molar-refractivity contribution in [2.45, 2.75) is 39.4 Å². The third-order valence-corrected chi connectivity index (χ3v) is 5.85. The smallest absolute Gasteiger partial charge is 0.340 e. The Morgan fingerprint density at radius 3 is 2.67 bits per heavy atom. The Hall–Kier alpha value is -2.58. The maximum absolute atomic E-state index is 12.8. The van der Waals surface area contributed by atoms with Gasteiger partial charge in [0.05, 0.1) is 23.6 Å². The quantitative estimate of drug-likeness (QED) is 0.306. The number of aryl methyl sites for hydroxylation is 1. The number of aromatic amines is 1. The van der Waals surface area contributed by atoms with Crippen molar-refractivity contribution in [2.24, 2.45) is 0 Å². The van der Waals surface area contributed by atoms with Crippen molar-refractivity contribution in [3.63, 3.8) is 0 Å². The van der Waals surface area contributed by atoms with Gasteiger partial charge in [-0.3, -0.25) is 4.79 Å². The lowest BCUT2D eigenvalue weighted by Crippen LogP contribution is -2.09. The number of hydrogen-bond acceptors (Lipinski definition) is 6. The number of thioether (sulfide) groups is 1. The number of benzene rings is 1. The minimum absolute atomic E-state index is 0.119. The predicted molar refractivity (Wildman–Crippen MR) is 117 cm³/mol. The van der Waals surface area contributed by atoms with Crippen LogP contribution < -0.4 is 0 Å². The van der Waals surface area contributed by atoms with Crippen LogP contribution >= 0.6 is 23.4 Å². The van der Waals surface area contributed by atoms with Crippen LogP contribution in [0, 0.1) is 13.8 Å². The van der Waals surface area contributed by atoms with Crippen LogP contribution in [0.3, 0.4) is 0 Å². The van der Waals surface area contributed by atoms with Gasteiger partial charge in [0.2, 0.25) is 0 Å². The second-order valence-corrected chi connectivity index (χ2v) is 8.00. The van der Waals surface area contributed by atoms with E-state index in [2.05, 4.69) is 15.2 Å². The van der Waals surface area contributed by atoms with Crippen molar-refractivity contribution in [1.82, 2.24) is 19.7 Å². The fraction of sp³-hybridized carbons (Fsp3) is 0.333. The number of Topliss-reactive ketones (excluding diaryl/α,β-unsaturated/α-hetero) is 1. The Kier molecular flexibility index (Phi) is 6.99. The van der Waals surface area contributed by atoms with Crippen LogP contribution in [0.25, 0.3) is 11.4 Å². The van der Waals surface area contributed by atoms with Crippen LogP contribution in [0.15, 0.2) is 29.4 Å². The molecule has 0 bridgehead atoms. The van der Waals surface area contributed by atoms with Crippen molar-refractivity contribution >= 4 is 35.1 Å². The normalized spacial score (nSPS) is 11.0. The summed E-state index contributed by atoms with van der Waals surface area (Å²) in [7, 11) is 0. The van der Waals surface area contributed by atoms with E-state index in [0.29, 0.717) is 45.1 Å². The second kappa shape index (κ2) is 9.49. The summed E-state index contributed by atoms with van der Waals surface area (Å²) in [5, 5.41) is 9.80. The second-order valence-electron chi connectivity index (χ2n) is 6.62. The van der Waals surface area contributed by atoms with Crippen LogP contribution in [0.1, 0.15) is 46.0 Å². The lowest BCUT2D eigenvalue weighted by atomic mass is 10.1. The van der Waals surface area contributed by atoms with Crippen molar-refractivity contribution < 1.29 is 14.3 Å². The van der Waals surface area contributed by atoms with Crippen LogP contribution in [-0.2, 0) is 11.3 Å². The van der Waals surface area contributed by atoms with E-state index in [1.165, 1.54) is 11.8 Å². The minimum Gasteiger partial charge on any atom is -0.462 e. The average molecular weight is 447 g/mol. The Bertz CT molecular complexity index is 1090. The minimum atomic E-state index is -0.424. The molecule has 158 valence electrons. The first-order chi connectivity index (χ1) is 14.4. The lowest BCUT2D eigenvalue weighted by Gasteiger charge is -2.07. The zero-order valence-electron chi connectivity index (χ0n) is 17.3. The molecule has 30 heavy (non-hydrogen) atoms. The molecule has 0 spiro atoms. The molecular weight excluding hydrogens is 424 g/mol. The fourth-order valence-corrected chi connectivity index (χ4v) is 4.33. The van der Waals surface area contributed by atoms with E-state index in [0.717, 1.165) is 5.56 Å². The maximum Gasteiger partial charge on any atom is 0.340 e. The van der Waals surface area contributed by atoms with E-state index < -0.39 is 5.97 Å². The Morgan fingerprint density at radius 1 is 1.23 bits per heavy atom. The molecule has 0 fully saturated rings. The molecule has 0 aliphatic heterocycles. The van der Waals surface area contributed by atoms with Gasteiger partial charge in [0.1, 0.15) is 0 Å². The van der Waals surface area contributed by atoms with Crippen molar-refractivity contribution in [3.8, 4) is 11.4 Å². The Morgan fingerprint density at radius 2 is 2.00 bits per heavy atom. The van der Waals surface area contributed by atoms with Gasteiger partial charge in [-0.2, -0.15) is 0 Å². The van der Waals surface area contributed by atoms with E-state index in [9.17, 15) is 9.59 Å². The molecule has 2 aromatic heterocycles. The molecule has 1 aromatic carbocycles. The first kappa shape index (κ1) is 22.1. The average Bonchev–Trinajstić information content (AvgIpc) is 3.26. The Labute approximate surface area is 184 Å². The van der Waals surface area contributed by atoms with E-state index in [-0.39, 0.29) is 18.1 Å². The number of carbonyl (C=O) groups excluding carboxylic acids is 2. The number of rotatable bonds is 8. The summed E-state index contributed by atoms with van der Waals surface area (Å²) in [6.07, 6.45) is 0. The van der Waals surface area contributed by atoms with Gasteiger partial charge < -0.3 is 14.3 Å². The van der Waals surface area contributed by atoms with Gasteiger partial charge in [0, 0.05) is 22.8 Å². The van der Waals surface area contributed by atoms with Crippen molar-refractivity contribution in [1.29, 1.82) is 0 Å². The summed E-state index contributed by atoms with van der Waals surface area (Å²) < 4.78 is 7.03. The zero-order valence-corrected chi connectivity index (χ0v) is 18.9. The third-order valence-electron chi connectivity index (χ3n) is 4.64. The maximum atomic E-state index is 12.8. The lowest BCUT2D eigenvalue weighted by molar-refractivity contribution is 0.0525. The number of nitrogens with one attached hydrogen (secondary N) is 1. The summed E-state index contributed by atoms with van der Waals surface area (Å²) in [5.74, 6) is 0.321. The highest BCUT2D eigenvalue weighted by Gasteiger charge is 2.23. The largest absolute Gasteiger partial charge is 0.462 e. The first-order valence-corrected chi connectivity index (χ1v) is 10.9. The van der Waals surface area contributed by atoms with E-state index in [1.807, 2.05) is 29.7 Å². The van der Waals surface area contributed by atoms with Gasteiger partial charge in [0.15, 0.2) is 16.8 Å². The molecule has 1 N–H and O–H groups in total. The summed E-state index contributed by atoms with van der Waals surface area (Å²) in [5.41, 5.74) is 2.93. The molecule has 3 rings (SSSR count). The highest BCUT2D eigenvalue weighted by Crippen LogP contribution is 2.27. The van der Waals surface area contributed by atoms with E-state index in [1.54, 1.807) is 26.8 Å². The summed E-state index contributed by atoms with van der Waals surface area (Å²) in [4.78, 5) is 28.0. The Balaban J connectivity index is 1.79. The number of hydrogen-bond donors (Lipinski definition) is 1. The molecule has 7 nitrogen and oxygen atoms in total. The molecule has 0 aliphatic carbocycles. The fourth-order valence-electron chi connectivity index (χ4n) is 3.26. The molecule has 0 amide bonds. The van der Waals surface area contributed by atoms with Gasteiger partial charge in [-0.25, -0.2) is 4.79 Å². The third kappa shape index (κ3) is 4.44. The number of esters is 1. The molecule has 0 unspecified atom stereocenters. The van der Waals surface area contributed by atoms with Crippen molar-refractivity contribution in [3.05, 3.63) is 51.8 Å². The molecule has 0 saturated carbocycles. The molecular formula is C21H23ClN4O3S. The van der Waals surface area contributed by atoms with Gasteiger partial charge in [-0.1, -0.05) is 35.5 Å². The highest BCUT2D eigenvalue weighted by molar-refractivity contribution is 7.99. The van der Waals surface area contributed by atoms with Crippen LogP contribution in [0.5, 0.6) is 0 Å².